The van der Waals surface area contributed by atoms with Gasteiger partial charge in [0.15, 0.2) is 0 Å². The number of fused-ring (bicyclic) bond motifs is 2. The van der Waals surface area contributed by atoms with E-state index in [-0.39, 0.29) is 30.9 Å². The fourth-order valence-electron chi connectivity index (χ4n) is 5.38. The Kier molecular flexibility index (Phi) is 12.7. The number of hydrogen-bond donors (Lipinski definition) is 3. The lowest BCUT2D eigenvalue weighted by molar-refractivity contribution is 0.0210. The number of halogens is 2. The monoisotopic (exact) mass is 626 g/mol. The molecule has 6 rings (SSSR count). The van der Waals surface area contributed by atoms with Crippen molar-refractivity contribution in [3.8, 4) is 0 Å². The molecule has 0 unspecified atom stereocenters. The molecule has 2 aliphatic rings. The third-order valence-corrected chi connectivity index (χ3v) is 7.50. The smallest absolute Gasteiger partial charge is 0.410 e. The SMILES string of the molecule is CC(C)(C)OC(=O)N1CCC(Nc2ccnc3ccccc23)CC1.Cl.Cl.c1ccc2c(NC3CCNCC3)ccnc2c1. The molecule has 8 nitrogen and oxygen atoms in total. The van der Waals surface area contributed by atoms with E-state index < -0.39 is 5.60 Å². The number of anilines is 2. The van der Waals surface area contributed by atoms with Gasteiger partial charge in [-0.05, 0) is 83.8 Å². The maximum atomic E-state index is 12.1. The second kappa shape index (κ2) is 15.9. The van der Waals surface area contributed by atoms with Gasteiger partial charge in [-0.1, -0.05) is 36.4 Å². The van der Waals surface area contributed by atoms with Crippen LogP contribution in [0.1, 0.15) is 46.5 Å². The van der Waals surface area contributed by atoms with Crippen LogP contribution in [-0.2, 0) is 4.74 Å². The van der Waals surface area contributed by atoms with E-state index in [0.717, 1.165) is 61.1 Å². The molecule has 2 aromatic carbocycles. The fraction of sp³-hybridized carbons (Fsp3) is 0.424. The molecule has 2 fully saturated rings. The number of aromatic nitrogens is 2. The molecule has 10 heteroatoms. The number of pyridine rings is 2. The number of piperidine rings is 2. The molecule has 4 aromatic rings. The molecule has 0 atom stereocenters. The Morgan fingerprint density at radius 2 is 1.23 bits per heavy atom. The summed E-state index contributed by atoms with van der Waals surface area (Å²) in [5.41, 5.74) is 3.93. The van der Waals surface area contributed by atoms with Crippen LogP contribution in [-0.4, -0.2) is 64.8 Å². The second-order valence-electron chi connectivity index (χ2n) is 11.8. The van der Waals surface area contributed by atoms with Crippen molar-refractivity contribution in [1.82, 2.24) is 20.2 Å². The average Bonchev–Trinajstić information content (AvgIpc) is 2.98. The Bertz CT molecular complexity index is 1440. The van der Waals surface area contributed by atoms with Gasteiger partial charge in [0.2, 0.25) is 0 Å². The predicted octanol–water partition coefficient (Wildman–Crippen LogP) is 7.29. The number of nitrogens with one attached hydrogen (secondary N) is 3. The molecular formula is C33H44Cl2N6O2. The quantitative estimate of drug-likeness (QED) is 0.219. The summed E-state index contributed by atoms with van der Waals surface area (Å²) in [4.78, 5) is 22.7. The molecule has 2 saturated heterocycles. The van der Waals surface area contributed by atoms with E-state index >= 15 is 0 Å². The largest absolute Gasteiger partial charge is 0.444 e. The van der Waals surface area contributed by atoms with Crippen molar-refractivity contribution < 1.29 is 9.53 Å². The highest BCUT2D eigenvalue weighted by Gasteiger charge is 2.27. The molecule has 0 spiro atoms. The number of carbonyl (C=O) groups is 1. The van der Waals surface area contributed by atoms with Crippen molar-refractivity contribution in [3.63, 3.8) is 0 Å². The summed E-state index contributed by atoms with van der Waals surface area (Å²) in [5, 5.41) is 13.0. The van der Waals surface area contributed by atoms with Crippen molar-refractivity contribution in [1.29, 1.82) is 0 Å². The van der Waals surface area contributed by atoms with Gasteiger partial charge >= 0.3 is 6.09 Å². The normalized spacial score (nSPS) is 15.8. The molecule has 232 valence electrons. The highest BCUT2D eigenvalue weighted by molar-refractivity contribution is 5.91. The molecule has 1 amide bonds. The lowest BCUT2D eigenvalue weighted by Crippen LogP contribution is -2.44. The lowest BCUT2D eigenvalue weighted by atomic mass is 10.0. The Morgan fingerprint density at radius 3 is 1.72 bits per heavy atom. The van der Waals surface area contributed by atoms with E-state index in [1.165, 1.54) is 23.9 Å². The van der Waals surface area contributed by atoms with E-state index in [1.54, 1.807) is 4.90 Å². The van der Waals surface area contributed by atoms with Crippen molar-refractivity contribution in [2.45, 2.75) is 64.1 Å². The molecular weight excluding hydrogens is 583 g/mol. The molecule has 0 radical (unpaired) electrons. The number of likely N-dealkylation sites (tertiary alicyclic amines) is 1. The van der Waals surface area contributed by atoms with Crippen LogP contribution in [0.15, 0.2) is 73.1 Å². The number of hydrogen-bond acceptors (Lipinski definition) is 7. The van der Waals surface area contributed by atoms with E-state index in [4.69, 9.17) is 4.74 Å². The van der Waals surface area contributed by atoms with E-state index in [9.17, 15) is 4.79 Å². The standard InChI is InChI=1S/C19H25N3O2.C14H17N3.2ClH/c1-19(2,3)24-18(23)22-12-9-14(10-13-22)21-17-8-11-20-16-7-5-4-6-15(16)17;1-2-4-13-12(3-1)14(7-10-16-13)17-11-5-8-15-9-6-11;;/h4-8,11,14H,9-10,12-13H2,1-3H3,(H,20,21);1-4,7,10-11,15H,5-6,8-9H2,(H,16,17);2*1H. The topological polar surface area (TPSA) is 91.4 Å². The van der Waals surface area contributed by atoms with Gasteiger partial charge in [0.1, 0.15) is 5.60 Å². The Balaban J connectivity index is 0.000000236. The lowest BCUT2D eigenvalue weighted by Gasteiger charge is -2.34. The van der Waals surface area contributed by atoms with Crippen LogP contribution in [0, 0.1) is 0 Å². The summed E-state index contributed by atoms with van der Waals surface area (Å²) < 4.78 is 5.45. The highest BCUT2D eigenvalue weighted by atomic mass is 35.5. The Labute approximate surface area is 267 Å². The van der Waals surface area contributed by atoms with Crippen molar-refractivity contribution in [3.05, 3.63) is 73.1 Å². The zero-order valence-corrected chi connectivity index (χ0v) is 26.8. The van der Waals surface area contributed by atoms with Crippen LogP contribution in [0.3, 0.4) is 0 Å². The summed E-state index contributed by atoms with van der Waals surface area (Å²) in [5.74, 6) is 0. The second-order valence-corrected chi connectivity index (χ2v) is 11.8. The molecule has 3 N–H and O–H groups in total. The maximum Gasteiger partial charge on any atom is 0.410 e. The number of benzene rings is 2. The minimum atomic E-state index is -0.442. The first-order valence-corrected chi connectivity index (χ1v) is 14.7. The maximum absolute atomic E-state index is 12.1. The molecule has 4 heterocycles. The van der Waals surface area contributed by atoms with E-state index in [0.29, 0.717) is 12.1 Å². The predicted molar refractivity (Wildman–Crippen MR) is 182 cm³/mol. The summed E-state index contributed by atoms with van der Waals surface area (Å²) in [7, 11) is 0. The van der Waals surface area contributed by atoms with Gasteiger partial charge in [0, 0.05) is 59.7 Å². The fourth-order valence-corrected chi connectivity index (χ4v) is 5.38. The van der Waals surface area contributed by atoms with Crippen molar-refractivity contribution in [2.24, 2.45) is 0 Å². The molecule has 0 bridgehead atoms. The molecule has 2 aliphatic heterocycles. The van der Waals surface area contributed by atoms with Gasteiger partial charge in [-0.3, -0.25) is 9.97 Å². The van der Waals surface area contributed by atoms with Crippen molar-refractivity contribution >= 4 is 64.1 Å². The van der Waals surface area contributed by atoms with Gasteiger partial charge in [-0.15, -0.1) is 24.8 Å². The van der Waals surface area contributed by atoms with Crippen LogP contribution < -0.4 is 16.0 Å². The number of amides is 1. The minimum absolute atomic E-state index is 0. The van der Waals surface area contributed by atoms with E-state index in [1.807, 2.05) is 63.5 Å². The highest BCUT2D eigenvalue weighted by Crippen LogP contribution is 2.25. The molecule has 0 aliphatic carbocycles. The van der Waals surface area contributed by atoms with Gasteiger partial charge in [0.05, 0.1) is 11.0 Å². The summed E-state index contributed by atoms with van der Waals surface area (Å²) in [6, 6.07) is 21.4. The van der Waals surface area contributed by atoms with Crippen LogP contribution in [0.25, 0.3) is 21.8 Å². The zero-order chi connectivity index (χ0) is 28.7. The summed E-state index contributed by atoms with van der Waals surface area (Å²) in [6.45, 7) is 9.35. The first-order valence-electron chi connectivity index (χ1n) is 14.7. The molecule has 0 saturated carbocycles. The van der Waals surface area contributed by atoms with Crippen molar-refractivity contribution in [2.75, 3.05) is 36.8 Å². The van der Waals surface area contributed by atoms with Crippen LogP contribution in [0.4, 0.5) is 16.2 Å². The van der Waals surface area contributed by atoms with Crippen LogP contribution in [0.2, 0.25) is 0 Å². The first kappa shape index (κ1) is 34.2. The number of ether oxygens (including phenoxy) is 1. The Morgan fingerprint density at radius 1 is 0.767 bits per heavy atom. The summed E-state index contributed by atoms with van der Waals surface area (Å²) in [6.07, 6.45) is 7.71. The Hall–Kier alpha value is -3.33. The number of nitrogens with zero attached hydrogens (tertiary/aromatic N) is 3. The molecule has 43 heavy (non-hydrogen) atoms. The van der Waals surface area contributed by atoms with Gasteiger partial charge in [-0.2, -0.15) is 0 Å². The number of rotatable bonds is 4. The number of carbonyl (C=O) groups excluding carboxylic acids is 1. The first-order chi connectivity index (χ1) is 19.9. The average molecular weight is 628 g/mol. The zero-order valence-electron chi connectivity index (χ0n) is 25.2. The van der Waals surface area contributed by atoms with E-state index in [2.05, 4.69) is 56.3 Å². The molecule has 2 aromatic heterocycles. The van der Waals surface area contributed by atoms with Crippen LogP contribution in [0.5, 0.6) is 0 Å². The van der Waals surface area contributed by atoms with Crippen LogP contribution >= 0.6 is 24.8 Å². The summed E-state index contributed by atoms with van der Waals surface area (Å²) >= 11 is 0. The van der Waals surface area contributed by atoms with Gasteiger partial charge < -0.3 is 25.6 Å². The number of para-hydroxylation sites is 2. The minimum Gasteiger partial charge on any atom is -0.444 e. The third-order valence-electron chi connectivity index (χ3n) is 7.50. The third kappa shape index (κ3) is 9.58. The van der Waals surface area contributed by atoms with Gasteiger partial charge in [-0.25, -0.2) is 4.79 Å². The van der Waals surface area contributed by atoms with Gasteiger partial charge in [0.25, 0.3) is 0 Å².